The minimum absolute atomic E-state index is 1.01. The second-order valence-electron chi connectivity index (χ2n) is 8.77. The van der Waals surface area contributed by atoms with Crippen LogP contribution in [0, 0.1) is 0 Å². The molecular weight excluding hydrogens is 416 g/mol. The van der Waals surface area contributed by atoms with Gasteiger partial charge in [-0.25, -0.2) is 0 Å². The lowest BCUT2D eigenvalue weighted by atomic mass is 10.1. The maximum Gasteiger partial charge on any atom is 0.0542 e. The van der Waals surface area contributed by atoms with Crippen molar-refractivity contribution < 1.29 is 0 Å². The van der Waals surface area contributed by atoms with Crippen molar-refractivity contribution in [2.75, 3.05) is 54.0 Å². The van der Waals surface area contributed by atoms with Crippen molar-refractivity contribution in [2.24, 2.45) is 0 Å². The molecule has 4 nitrogen and oxygen atoms in total. The summed E-state index contributed by atoms with van der Waals surface area (Å²) in [6.07, 6.45) is 0. The summed E-state index contributed by atoms with van der Waals surface area (Å²) in [5, 5.41) is 2.64. The van der Waals surface area contributed by atoms with Crippen molar-refractivity contribution in [1.82, 2.24) is 4.57 Å². The molecule has 0 unspecified atom stereocenters. The van der Waals surface area contributed by atoms with Gasteiger partial charge in [-0.15, -0.1) is 0 Å². The van der Waals surface area contributed by atoms with Crippen molar-refractivity contribution in [1.29, 1.82) is 0 Å². The lowest BCUT2D eigenvalue weighted by molar-refractivity contribution is 0.866. The molecule has 1 aromatic heterocycles. The van der Waals surface area contributed by atoms with Gasteiger partial charge in [-0.2, -0.15) is 0 Å². The average molecular weight is 457 g/mol. The van der Waals surface area contributed by atoms with Crippen molar-refractivity contribution in [3.8, 4) is 5.69 Å². The van der Waals surface area contributed by atoms with Crippen LogP contribution in [-0.2, 0) is 0 Å². The van der Waals surface area contributed by atoms with Crippen LogP contribution in [0.5, 0.6) is 0 Å². The molecule has 0 amide bonds. The highest BCUT2D eigenvalue weighted by atomic mass is 15.1. The molecule has 4 rings (SSSR count). The highest BCUT2D eigenvalue weighted by molar-refractivity contribution is 6.11. The first-order valence-corrected chi connectivity index (χ1v) is 13.0. The number of aromatic nitrogens is 1. The number of benzene rings is 3. The molecule has 0 aliphatic rings. The third kappa shape index (κ3) is 4.22. The predicted molar refractivity (Wildman–Crippen MR) is 151 cm³/mol. The summed E-state index contributed by atoms with van der Waals surface area (Å²) in [6.45, 7) is 19.4. The molecule has 34 heavy (non-hydrogen) atoms. The Balaban J connectivity index is 1.95. The van der Waals surface area contributed by atoms with E-state index in [0.29, 0.717) is 0 Å². The van der Waals surface area contributed by atoms with Crippen LogP contribution < -0.4 is 14.7 Å². The molecule has 0 atom stereocenters. The summed E-state index contributed by atoms with van der Waals surface area (Å²) in [5.41, 5.74) is 7.60. The van der Waals surface area contributed by atoms with Gasteiger partial charge >= 0.3 is 0 Å². The Hall–Kier alpha value is -3.14. The second kappa shape index (κ2) is 10.4. The molecule has 0 aliphatic carbocycles. The Morgan fingerprint density at radius 3 is 1.21 bits per heavy atom. The molecule has 3 aromatic carbocycles. The Morgan fingerprint density at radius 2 is 0.824 bits per heavy atom. The maximum absolute atomic E-state index is 2.43. The first-order chi connectivity index (χ1) is 16.6. The Kier molecular flexibility index (Phi) is 7.35. The molecule has 0 saturated carbocycles. The lowest BCUT2D eigenvalue weighted by Gasteiger charge is -2.22. The average Bonchev–Trinajstić information content (AvgIpc) is 3.20. The Labute approximate surface area is 205 Å². The minimum atomic E-state index is 1.01. The highest BCUT2D eigenvalue weighted by Gasteiger charge is 2.16. The standard InChI is InChI=1S/C30H40N4/c1-7-31(8-2)23-13-15-24(16-14-23)34-29-19-17-25(32(9-3)10-4)21-27(29)28-22-26(18-20-30(28)34)33(11-5)12-6/h13-22H,7-12H2,1-6H3. The molecule has 4 heteroatoms. The molecule has 0 fully saturated rings. The largest absolute Gasteiger partial charge is 0.372 e. The summed E-state index contributed by atoms with van der Waals surface area (Å²) in [7, 11) is 0. The number of fused-ring (bicyclic) bond motifs is 3. The third-order valence-corrected chi connectivity index (χ3v) is 7.23. The summed E-state index contributed by atoms with van der Waals surface area (Å²) >= 11 is 0. The van der Waals surface area contributed by atoms with Crippen molar-refractivity contribution in [3.63, 3.8) is 0 Å². The first-order valence-electron chi connectivity index (χ1n) is 13.0. The third-order valence-electron chi connectivity index (χ3n) is 7.23. The van der Waals surface area contributed by atoms with E-state index >= 15 is 0 Å². The maximum atomic E-state index is 2.43. The lowest BCUT2D eigenvalue weighted by Crippen LogP contribution is -2.21. The van der Waals surface area contributed by atoms with Crippen molar-refractivity contribution >= 4 is 38.9 Å². The van der Waals surface area contributed by atoms with Gasteiger partial charge in [0.05, 0.1) is 11.0 Å². The Morgan fingerprint density at radius 1 is 0.471 bits per heavy atom. The zero-order valence-corrected chi connectivity index (χ0v) is 21.8. The summed E-state index contributed by atoms with van der Waals surface area (Å²) in [5.74, 6) is 0. The fourth-order valence-corrected chi connectivity index (χ4v) is 5.25. The number of rotatable bonds is 10. The monoisotopic (exact) mass is 456 g/mol. The molecular formula is C30H40N4. The van der Waals surface area contributed by atoms with Gasteiger partial charge in [0.2, 0.25) is 0 Å². The smallest absolute Gasteiger partial charge is 0.0542 e. The van der Waals surface area contributed by atoms with Crippen LogP contribution in [0.2, 0.25) is 0 Å². The number of nitrogens with zero attached hydrogens (tertiary/aromatic N) is 4. The van der Waals surface area contributed by atoms with Gasteiger partial charge in [-0.05, 0) is 102 Å². The van der Waals surface area contributed by atoms with Crippen LogP contribution in [-0.4, -0.2) is 43.8 Å². The molecule has 4 aromatic rings. The van der Waals surface area contributed by atoms with E-state index < -0.39 is 0 Å². The van der Waals surface area contributed by atoms with Gasteiger partial charge in [-0.3, -0.25) is 0 Å². The minimum Gasteiger partial charge on any atom is -0.372 e. The van der Waals surface area contributed by atoms with Crippen LogP contribution in [0.3, 0.4) is 0 Å². The normalized spacial score (nSPS) is 11.4. The first kappa shape index (κ1) is 24.0. The van der Waals surface area contributed by atoms with E-state index in [9.17, 15) is 0 Å². The molecule has 0 N–H and O–H groups in total. The van der Waals surface area contributed by atoms with Crippen molar-refractivity contribution in [2.45, 2.75) is 41.5 Å². The van der Waals surface area contributed by atoms with Gasteiger partial charge in [0.25, 0.3) is 0 Å². The molecule has 0 spiro atoms. The van der Waals surface area contributed by atoms with Gasteiger partial charge in [-0.1, -0.05) is 0 Å². The molecule has 0 bridgehead atoms. The molecule has 1 heterocycles. The van der Waals surface area contributed by atoms with E-state index in [1.165, 1.54) is 44.6 Å². The Bertz CT molecular complexity index is 1160. The topological polar surface area (TPSA) is 14.7 Å². The SMILES string of the molecule is CCN(CC)c1ccc(-n2c3ccc(N(CC)CC)cc3c3cc(N(CC)CC)ccc32)cc1. The van der Waals surface area contributed by atoms with Crippen LogP contribution in [0.1, 0.15) is 41.5 Å². The molecule has 0 radical (unpaired) electrons. The van der Waals surface area contributed by atoms with Crippen LogP contribution in [0.4, 0.5) is 17.1 Å². The predicted octanol–water partition coefficient (Wildman–Crippen LogP) is 7.32. The van der Waals surface area contributed by atoms with E-state index in [-0.39, 0.29) is 0 Å². The van der Waals surface area contributed by atoms with E-state index in [2.05, 4.69) is 121 Å². The summed E-state index contributed by atoms with van der Waals surface area (Å²) in [6, 6.07) is 23.0. The fourth-order valence-electron chi connectivity index (χ4n) is 5.25. The van der Waals surface area contributed by atoms with Crippen LogP contribution in [0.25, 0.3) is 27.5 Å². The molecule has 180 valence electrons. The molecule has 0 saturated heterocycles. The number of hydrogen-bond donors (Lipinski definition) is 0. The van der Waals surface area contributed by atoms with E-state index in [1.807, 2.05) is 0 Å². The van der Waals surface area contributed by atoms with Gasteiger partial charge in [0, 0.05) is 72.8 Å². The van der Waals surface area contributed by atoms with E-state index in [4.69, 9.17) is 0 Å². The summed E-state index contributed by atoms with van der Waals surface area (Å²) in [4.78, 5) is 7.24. The molecule has 0 aliphatic heterocycles. The fraction of sp³-hybridized carbons (Fsp3) is 0.400. The quantitative estimate of drug-likeness (QED) is 0.248. The summed E-state index contributed by atoms with van der Waals surface area (Å²) < 4.78 is 2.43. The van der Waals surface area contributed by atoms with Crippen LogP contribution in [0.15, 0.2) is 60.7 Å². The van der Waals surface area contributed by atoms with Gasteiger partial charge < -0.3 is 19.3 Å². The number of anilines is 3. The zero-order valence-electron chi connectivity index (χ0n) is 21.8. The second-order valence-corrected chi connectivity index (χ2v) is 8.77. The zero-order chi connectivity index (χ0) is 24.2. The number of hydrogen-bond acceptors (Lipinski definition) is 3. The van der Waals surface area contributed by atoms with E-state index in [1.54, 1.807) is 0 Å². The highest BCUT2D eigenvalue weighted by Crippen LogP contribution is 2.37. The van der Waals surface area contributed by atoms with E-state index in [0.717, 1.165) is 39.3 Å². The van der Waals surface area contributed by atoms with Gasteiger partial charge in [0.15, 0.2) is 0 Å². The van der Waals surface area contributed by atoms with Crippen LogP contribution >= 0.6 is 0 Å². The van der Waals surface area contributed by atoms with Gasteiger partial charge in [0.1, 0.15) is 0 Å². The van der Waals surface area contributed by atoms with Crippen molar-refractivity contribution in [3.05, 3.63) is 60.7 Å².